The van der Waals surface area contributed by atoms with Crippen molar-refractivity contribution in [3.63, 3.8) is 0 Å². The van der Waals surface area contributed by atoms with E-state index in [9.17, 15) is 14.4 Å². The van der Waals surface area contributed by atoms with E-state index >= 15 is 0 Å². The Bertz CT molecular complexity index is 882. The number of rotatable bonds is 4. The van der Waals surface area contributed by atoms with Crippen LogP contribution in [0.2, 0.25) is 0 Å². The topological polar surface area (TPSA) is 66.5 Å². The average molecular weight is 390 g/mol. The normalized spacial score (nSPS) is 31.1. The Morgan fingerprint density at radius 3 is 2.38 bits per heavy atom. The maximum Gasteiger partial charge on any atom is 0.244 e. The largest absolute Gasteiger partial charge is 0.350 e. The smallest absolute Gasteiger partial charge is 0.244 e. The highest BCUT2D eigenvalue weighted by molar-refractivity contribution is 6.22. The van der Waals surface area contributed by atoms with E-state index in [1.807, 2.05) is 18.2 Å². The van der Waals surface area contributed by atoms with Gasteiger partial charge in [-0.15, -0.1) is 0 Å². The van der Waals surface area contributed by atoms with Gasteiger partial charge in [0.1, 0.15) is 0 Å². The monoisotopic (exact) mass is 390 g/mol. The number of anilines is 1. The fourth-order valence-corrected chi connectivity index (χ4v) is 5.59. The lowest BCUT2D eigenvalue weighted by atomic mass is 9.85. The van der Waals surface area contributed by atoms with Gasteiger partial charge in [0.2, 0.25) is 17.7 Å². The second-order valence-electron chi connectivity index (χ2n) is 8.78. The molecule has 150 valence electrons. The van der Waals surface area contributed by atoms with E-state index in [2.05, 4.69) is 17.5 Å². The SMILES string of the molecule is O=C(/C=C\c1cccc(N2C(=O)C3C4C=CC(C4)C3C2=O)c1)NC1CCCCC1. The number of carbonyl (C=O) groups excluding carboxylic acids is 3. The fourth-order valence-electron chi connectivity index (χ4n) is 5.59. The van der Waals surface area contributed by atoms with Crippen molar-refractivity contribution in [3.8, 4) is 0 Å². The summed E-state index contributed by atoms with van der Waals surface area (Å²) in [7, 11) is 0. The zero-order chi connectivity index (χ0) is 20.0. The molecule has 4 unspecified atom stereocenters. The van der Waals surface area contributed by atoms with Gasteiger partial charge in [0.05, 0.1) is 17.5 Å². The first-order valence-corrected chi connectivity index (χ1v) is 10.8. The van der Waals surface area contributed by atoms with E-state index in [-0.39, 0.29) is 47.4 Å². The molecule has 5 heteroatoms. The number of allylic oxidation sites excluding steroid dienone is 2. The number of nitrogens with one attached hydrogen (secondary N) is 1. The van der Waals surface area contributed by atoms with E-state index in [0.717, 1.165) is 24.8 Å². The molecule has 0 aromatic heterocycles. The molecule has 29 heavy (non-hydrogen) atoms. The number of nitrogens with zero attached hydrogens (tertiary/aromatic N) is 1. The highest BCUT2D eigenvalue weighted by Gasteiger charge is 2.59. The Balaban J connectivity index is 1.29. The van der Waals surface area contributed by atoms with Gasteiger partial charge in [0.15, 0.2) is 0 Å². The summed E-state index contributed by atoms with van der Waals surface area (Å²) >= 11 is 0. The Hall–Kier alpha value is -2.69. The highest BCUT2D eigenvalue weighted by atomic mass is 16.2. The Kier molecular flexibility index (Phi) is 4.61. The molecule has 0 radical (unpaired) electrons. The van der Waals surface area contributed by atoms with Crippen LogP contribution in [0.1, 0.15) is 44.1 Å². The molecule has 4 atom stereocenters. The molecule has 1 saturated heterocycles. The maximum atomic E-state index is 13.0. The van der Waals surface area contributed by atoms with Crippen LogP contribution in [0.4, 0.5) is 5.69 Å². The molecular weight excluding hydrogens is 364 g/mol. The van der Waals surface area contributed by atoms with Crippen LogP contribution in [0.3, 0.4) is 0 Å². The molecule has 0 spiro atoms. The summed E-state index contributed by atoms with van der Waals surface area (Å²) in [6, 6.07) is 7.60. The predicted octanol–water partition coefficient (Wildman–Crippen LogP) is 3.46. The standard InChI is InChI=1S/C24H26N2O3/c27-20(25-18-6-2-1-3-7-18)12-9-15-5-4-8-19(13-15)26-23(28)21-16-10-11-17(14-16)22(21)24(26)29/h4-5,8-13,16-18,21-22H,1-3,6-7,14H2,(H,25,27)/b12-9-. The second kappa shape index (κ2) is 7.29. The van der Waals surface area contributed by atoms with E-state index < -0.39 is 0 Å². The molecule has 2 bridgehead atoms. The first-order valence-electron chi connectivity index (χ1n) is 10.8. The molecule has 1 aromatic carbocycles. The molecule has 3 aliphatic carbocycles. The van der Waals surface area contributed by atoms with Gasteiger partial charge in [0.25, 0.3) is 0 Å². The fraction of sp³-hybridized carbons (Fsp3) is 0.458. The van der Waals surface area contributed by atoms with Crippen molar-refractivity contribution in [2.75, 3.05) is 4.90 Å². The van der Waals surface area contributed by atoms with E-state index in [0.29, 0.717) is 5.69 Å². The number of fused-ring (bicyclic) bond motifs is 5. The van der Waals surface area contributed by atoms with E-state index in [4.69, 9.17) is 0 Å². The van der Waals surface area contributed by atoms with Crippen LogP contribution in [0.5, 0.6) is 0 Å². The van der Waals surface area contributed by atoms with Crippen molar-refractivity contribution in [2.24, 2.45) is 23.7 Å². The maximum absolute atomic E-state index is 13.0. The van der Waals surface area contributed by atoms with Crippen molar-refractivity contribution in [3.05, 3.63) is 48.1 Å². The minimum absolute atomic E-state index is 0.0759. The zero-order valence-corrected chi connectivity index (χ0v) is 16.4. The van der Waals surface area contributed by atoms with Crippen LogP contribution in [0.25, 0.3) is 6.08 Å². The summed E-state index contributed by atoms with van der Waals surface area (Å²) in [6.07, 6.45) is 14.1. The first-order chi connectivity index (χ1) is 14.1. The van der Waals surface area contributed by atoms with Crippen LogP contribution in [0, 0.1) is 23.7 Å². The number of benzene rings is 1. The molecule has 3 amide bonds. The zero-order valence-electron chi connectivity index (χ0n) is 16.4. The average Bonchev–Trinajstić information content (AvgIpc) is 3.41. The lowest BCUT2D eigenvalue weighted by Crippen LogP contribution is -2.34. The molecule has 1 N–H and O–H groups in total. The highest BCUT2D eigenvalue weighted by Crippen LogP contribution is 2.53. The van der Waals surface area contributed by atoms with Crippen LogP contribution >= 0.6 is 0 Å². The van der Waals surface area contributed by atoms with Gasteiger partial charge in [-0.3, -0.25) is 14.4 Å². The van der Waals surface area contributed by atoms with Gasteiger partial charge in [-0.05, 0) is 54.9 Å². The molecular formula is C24H26N2O3. The van der Waals surface area contributed by atoms with Crippen LogP contribution in [-0.4, -0.2) is 23.8 Å². The van der Waals surface area contributed by atoms with Gasteiger partial charge in [0, 0.05) is 12.1 Å². The van der Waals surface area contributed by atoms with Crippen molar-refractivity contribution in [2.45, 2.75) is 44.6 Å². The first kappa shape index (κ1) is 18.3. The third-order valence-electron chi connectivity index (χ3n) is 6.98. The molecule has 3 fully saturated rings. The van der Waals surface area contributed by atoms with Crippen LogP contribution < -0.4 is 10.2 Å². The third-order valence-corrected chi connectivity index (χ3v) is 6.98. The Labute approximate surface area is 170 Å². The molecule has 2 saturated carbocycles. The summed E-state index contributed by atoms with van der Waals surface area (Å²) in [4.78, 5) is 39.5. The lowest BCUT2D eigenvalue weighted by Gasteiger charge is -2.21. The van der Waals surface area contributed by atoms with E-state index in [1.54, 1.807) is 18.2 Å². The summed E-state index contributed by atoms with van der Waals surface area (Å²) in [5.74, 6) is -0.221. The van der Waals surface area contributed by atoms with Crippen molar-refractivity contribution in [1.29, 1.82) is 0 Å². The molecule has 5 rings (SSSR count). The lowest BCUT2D eigenvalue weighted by molar-refractivity contribution is -0.123. The van der Waals surface area contributed by atoms with Gasteiger partial charge in [-0.25, -0.2) is 4.90 Å². The predicted molar refractivity (Wildman–Crippen MR) is 111 cm³/mol. The Morgan fingerprint density at radius 2 is 1.69 bits per heavy atom. The van der Waals surface area contributed by atoms with Crippen LogP contribution in [0.15, 0.2) is 42.5 Å². The minimum atomic E-state index is -0.196. The summed E-state index contributed by atoms with van der Waals surface area (Å²) in [5, 5.41) is 3.07. The molecule has 1 aromatic rings. The van der Waals surface area contributed by atoms with Gasteiger partial charge in [-0.1, -0.05) is 43.5 Å². The van der Waals surface area contributed by atoms with Crippen molar-refractivity contribution >= 4 is 29.5 Å². The van der Waals surface area contributed by atoms with Gasteiger partial charge in [-0.2, -0.15) is 0 Å². The number of hydrogen-bond donors (Lipinski definition) is 1. The number of carbonyl (C=O) groups is 3. The van der Waals surface area contributed by atoms with Gasteiger partial charge >= 0.3 is 0 Å². The summed E-state index contributed by atoms with van der Waals surface area (Å²) in [6.45, 7) is 0. The van der Waals surface area contributed by atoms with Crippen LogP contribution in [-0.2, 0) is 14.4 Å². The molecule has 4 aliphatic rings. The summed E-state index contributed by atoms with van der Waals surface area (Å²) in [5.41, 5.74) is 1.41. The third kappa shape index (κ3) is 3.22. The van der Waals surface area contributed by atoms with Gasteiger partial charge < -0.3 is 5.32 Å². The Morgan fingerprint density at radius 1 is 1.00 bits per heavy atom. The van der Waals surface area contributed by atoms with E-state index in [1.165, 1.54) is 24.2 Å². The number of imide groups is 1. The molecule has 1 aliphatic heterocycles. The second-order valence-corrected chi connectivity index (χ2v) is 8.78. The molecule has 5 nitrogen and oxygen atoms in total. The number of amides is 3. The molecule has 1 heterocycles. The minimum Gasteiger partial charge on any atom is -0.350 e. The quantitative estimate of drug-likeness (QED) is 0.486. The van der Waals surface area contributed by atoms with Crippen molar-refractivity contribution in [1.82, 2.24) is 5.32 Å². The number of hydrogen-bond acceptors (Lipinski definition) is 3. The van der Waals surface area contributed by atoms with Crippen molar-refractivity contribution < 1.29 is 14.4 Å². The summed E-state index contributed by atoms with van der Waals surface area (Å²) < 4.78 is 0.